The number of hydrogen-bond donors (Lipinski definition) is 1. The third-order valence-corrected chi connectivity index (χ3v) is 3.61. The number of aromatic nitrogens is 2. The number of fused-ring (bicyclic) bond motifs is 1. The topological polar surface area (TPSA) is 64.1 Å². The SMILES string of the molecule is CCOC(=O)c1nc(NCCc2ccccc2)c2ccccc2n1. The number of hydrogen-bond acceptors (Lipinski definition) is 5. The summed E-state index contributed by atoms with van der Waals surface area (Å²) in [5.41, 5.74) is 1.96. The molecule has 0 bridgehead atoms. The molecule has 0 amide bonds. The van der Waals surface area contributed by atoms with Gasteiger partial charge in [-0.05, 0) is 31.0 Å². The van der Waals surface area contributed by atoms with Gasteiger partial charge in [-0.25, -0.2) is 14.8 Å². The molecular formula is C19H19N3O2. The van der Waals surface area contributed by atoms with Gasteiger partial charge in [-0.1, -0.05) is 42.5 Å². The molecule has 0 aliphatic carbocycles. The number of nitrogens with one attached hydrogen (secondary N) is 1. The summed E-state index contributed by atoms with van der Waals surface area (Å²) in [5, 5.41) is 4.20. The number of carbonyl (C=O) groups is 1. The summed E-state index contributed by atoms with van der Waals surface area (Å²) in [6, 6.07) is 17.8. The van der Waals surface area contributed by atoms with E-state index in [1.54, 1.807) is 6.92 Å². The van der Waals surface area contributed by atoms with Gasteiger partial charge in [0.15, 0.2) is 0 Å². The zero-order chi connectivity index (χ0) is 16.8. The molecule has 2 aromatic carbocycles. The summed E-state index contributed by atoms with van der Waals surface area (Å²) >= 11 is 0. The Labute approximate surface area is 140 Å². The molecule has 5 heteroatoms. The van der Waals surface area contributed by atoms with E-state index in [2.05, 4.69) is 27.4 Å². The number of benzene rings is 2. The summed E-state index contributed by atoms with van der Waals surface area (Å²) in [5.74, 6) is 0.228. The Kier molecular flexibility index (Phi) is 5.01. The fourth-order valence-electron chi connectivity index (χ4n) is 2.47. The highest BCUT2D eigenvalue weighted by Gasteiger charge is 2.14. The van der Waals surface area contributed by atoms with E-state index in [4.69, 9.17) is 4.74 Å². The van der Waals surface area contributed by atoms with Gasteiger partial charge in [0.2, 0.25) is 5.82 Å². The minimum atomic E-state index is -0.505. The van der Waals surface area contributed by atoms with E-state index in [-0.39, 0.29) is 5.82 Å². The number of anilines is 1. The Balaban J connectivity index is 1.83. The highest BCUT2D eigenvalue weighted by molar-refractivity contribution is 5.94. The summed E-state index contributed by atoms with van der Waals surface area (Å²) in [6.45, 7) is 2.77. The summed E-state index contributed by atoms with van der Waals surface area (Å²) in [7, 11) is 0. The van der Waals surface area contributed by atoms with Crippen molar-refractivity contribution in [3.8, 4) is 0 Å². The quantitative estimate of drug-likeness (QED) is 0.704. The van der Waals surface area contributed by atoms with Crippen LogP contribution in [0, 0.1) is 0 Å². The number of ether oxygens (including phenoxy) is 1. The van der Waals surface area contributed by atoms with E-state index in [9.17, 15) is 4.79 Å². The van der Waals surface area contributed by atoms with E-state index < -0.39 is 5.97 Å². The minimum Gasteiger partial charge on any atom is -0.460 e. The van der Waals surface area contributed by atoms with Gasteiger partial charge in [0.1, 0.15) is 5.82 Å². The monoisotopic (exact) mass is 321 g/mol. The molecule has 0 aliphatic rings. The van der Waals surface area contributed by atoms with Crippen LogP contribution in [-0.2, 0) is 11.2 Å². The molecule has 1 heterocycles. The fraction of sp³-hybridized carbons (Fsp3) is 0.211. The third-order valence-electron chi connectivity index (χ3n) is 3.61. The van der Waals surface area contributed by atoms with Gasteiger partial charge >= 0.3 is 5.97 Å². The van der Waals surface area contributed by atoms with Gasteiger partial charge in [-0.15, -0.1) is 0 Å². The van der Waals surface area contributed by atoms with Crippen molar-refractivity contribution in [1.82, 2.24) is 9.97 Å². The van der Waals surface area contributed by atoms with Crippen molar-refractivity contribution in [2.24, 2.45) is 0 Å². The van der Waals surface area contributed by atoms with E-state index >= 15 is 0 Å². The van der Waals surface area contributed by atoms with Gasteiger partial charge in [-0.3, -0.25) is 0 Å². The van der Waals surface area contributed by atoms with Gasteiger partial charge in [-0.2, -0.15) is 0 Å². The average molecular weight is 321 g/mol. The maximum Gasteiger partial charge on any atom is 0.376 e. The first-order valence-electron chi connectivity index (χ1n) is 7.99. The lowest BCUT2D eigenvalue weighted by Crippen LogP contribution is -2.13. The molecule has 24 heavy (non-hydrogen) atoms. The number of esters is 1. The van der Waals surface area contributed by atoms with Crippen LogP contribution < -0.4 is 5.32 Å². The van der Waals surface area contributed by atoms with Crippen LogP contribution in [0.15, 0.2) is 54.6 Å². The zero-order valence-corrected chi connectivity index (χ0v) is 13.5. The Hall–Kier alpha value is -2.95. The van der Waals surface area contributed by atoms with Crippen LogP contribution in [0.25, 0.3) is 10.9 Å². The summed E-state index contributed by atoms with van der Waals surface area (Å²) in [4.78, 5) is 20.6. The molecule has 3 aromatic rings. The van der Waals surface area contributed by atoms with Crippen LogP contribution in [0.1, 0.15) is 23.1 Å². The van der Waals surface area contributed by atoms with Gasteiger partial charge in [0.05, 0.1) is 12.1 Å². The van der Waals surface area contributed by atoms with Crippen LogP contribution in [0.4, 0.5) is 5.82 Å². The molecule has 1 aromatic heterocycles. The molecule has 0 radical (unpaired) electrons. The molecular weight excluding hydrogens is 302 g/mol. The number of rotatable bonds is 6. The molecule has 1 N–H and O–H groups in total. The summed E-state index contributed by atoms with van der Waals surface area (Å²) < 4.78 is 5.01. The largest absolute Gasteiger partial charge is 0.460 e. The summed E-state index contributed by atoms with van der Waals surface area (Å²) in [6.07, 6.45) is 0.869. The first kappa shape index (κ1) is 15.9. The Morgan fingerprint density at radius 3 is 2.58 bits per heavy atom. The second kappa shape index (κ2) is 7.55. The van der Waals surface area contributed by atoms with Crippen LogP contribution in [-0.4, -0.2) is 29.1 Å². The van der Waals surface area contributed by atoms with E-state index in [1.807, 2.05) is 42.5 Å². The zero-order valence-electron chi connectivity index (χ0n) is 13.5. The molecule has 0 unspecified atom stereocenters. The predicted octanol–water partition coefficient (Wildman–Crippen LogP) is 3.46. The van der Waals surface area contributed by atoms with Crippen LogP contribution in [0.3, 0.4) is 0 Å². The lowest BCUT2D eigenvalue weighted by Gasteiger charge is -2.10. The second-order valence-electron chi connectivity index (χ2n) is 5.30. The average Bonchev–Trinajstić information content (AvgIpc) is 2.62. The molecule has 0 saturated heterocycles. The van der Waals surface area contributed by atoms with E-state index in [1.165, 1.54) is 5.56 Å². The van der Waals surface area contributed by atoms with Crippen molar-refractivity contribution in [3.63, 3.8) is 0 Å². The van der Waals surface area contributed by atoms with Crippen LogP contribution >= 0.6 is 0 Å². The number of para-hydroxylation sites is 1. The number of carbonyl (C=O) groups excluding carboxylic acids is 1. The molecule has 0 spiro atoms. The van der Waals surface area contributed by atoms with Crippen LogP contribution in [0.2, 0.25) is 0 Å². The fourth-order valence-corrected chi connectivity index (χ4v) is 2.47. The van der Waals surface area contributed by atoms with Crippen molar-refractivity contribution in [2.75, 3.05) is 18.5 Å². The van der Waals surface area contributed by atoms with Gasteiger partial charge in [0, 0.05) is 11.9 Å². The standard InChI is InChI=1S/C19H19N3O2/c1-2-24-19(23)18-21-16-11-7-6-10-15(16)17(22-18)20-13-12-14-8-4-3-5-9-14/h3-11H,2,12-13H2,1H3,(H,20,21,22). The third kappa shape index (κ3) is 3.68. The number of nitrogens with zero attached hydrogens (tertiary/aromatic N) is 2. The maximum atomic E-state index is 12.0. The van der Waals surface area contributed by atoms with Crippen molar-refractivity contribution in [2.45, 2.75) is 13.3 Å². The Morgan fingerprint density at radius 1 is 1.04 bits per heavy atom. The highest BCUT2D eigenvalue weighted by atomic mass is 16.5. The van der Waals surface area contributed by atoms with Gasteiger partial charge in [0.25, 0.3) is 0 Å². The Morgan fingerprint density at radius 2 is 1.79 bits per heavy atom. The molecule has 3 rings (SSSR count). The highest BCUT2D eigenvalue weighted by Crippen LogP contribution is 2.20. The lowest BCUT2D eigenvalue weighted by atomic mass is 10.1. The van der Waals surface area contributed by atoms with Crippen LogP contribution in [0.5, 0.6) is 0 Å². The van der Waals surface area contributed by atoms with Gasteiger partial charge < -0.3 is 10.1 Å². The lowest BCUT2D eigenvalue weighted by molar-refractivity contribution is 0.0512. The normalized spacial score (nSPS) is 10.5. The smallest absolute Gasteiger partial charge is 0.376 e. The maximum absolute atomic E-state index is 12.0. The predicted molar refractivity (Wildman–Crippen MR) is 94.1 cm³/mol. The molecule has 0 fully saturated rings. The molecule has 122 valence electrons. The molecule has 5 nitrogen and oxygen atoms in total. The van der Waals surface area contributed by atoms with Crippen molar-refractivity contribution >= 4 is 22.7 Å². The van der Waals surface area contributed by atoms with E-state index in [0.717, 1.165) is 17.3 Å². The van der Waals surface area contributed by atoms with Crippen molar-refractivity contribution < 1.29 is 9.53 Å². The Bertz CT molecular complexity index is 834. The van der Waals surface area contributed by atoms with Crippen molar-refractivity contribution in [1.29, 1.82) is 0 Å². The second-order valence-corrected chi connectivity index (χ2v) is 5.30. The van der Waals surface area contributed by atoms with E-state index in [0.29, 0.717) is 19.0 Å². The molecule has 0 aliphatic heterocycles. The first-order chi connectivity index (χ1) is 11.8. The first-order valence-corrected chi connectivity index (χ1v) is 7.99. The molecule has 0 saturated carbocycles. The molecule has 0 atom stereocenters. The minimum absolute atomic E-state index is 0.0813. The van der Waals surface area contributed by atoms with Crippen molar-refractivity contribution in [3.05, 3.63) is 66.0 Å².